The van der Waals surface area contributed by atoms with E-state index in [0.29, 0.717) is 0 Å². The zero-order chi connectivity index (χ0) is 45.2. The first-order chi connectivity index (χ1) is 34.2. The summed E-state index contributed by atoms with van der Waals surface area (Å²) in [4.78, 5) is 0. The Morgan fingerprint density at radius 3 is 0.986 bits per heavy atom. The second kappa shape index (κ2) is 15.1. The van der Waals surface area contributed by atoms with Crippen molar-refractivity contribution in [2.75, 3.05) is 0 Å². The molecule has 0 atom stereocenters. The van der Waals surface area contributed by atoms with E-state index in [4.69, 9.17) is 0 Å². The van der Waals surface area contributed by atoms with Crippen molar-refractivity contribution < 1.29 is 0 Å². The van der Waals surface area contributed by atoms with Gasteiger partial charge in [-0.3, -0.25) is 0 Å². The summed E-state index contributed by atoms with van der Waals surface area (Å²) in [5, 5.41) is 15.4. The average molecular weight is 910 g/mol. The van der Waals surface area contributed by atoms with Crippen LogP contribution in [0.1, 0.15) is 0 Å². The van der Waals surface area contributed by atoms with Crippen molar-refractivity contribution in [1.29, 1.82) is 0 Å². The van der Waals surface area contributed by atoms with Gasteiger partial charge < -0.3 is 4.57 Å². The highest BCUT2D eigenvalue weighted by Crippen LogP contribution is 2.48. The molecule has 320 valence electrons. The van der Waals surface area contributed by atoms with Crippen molar-refractivity contribution in [2.24, 2.45) is 0 Å². The van der Waals surface area contributed by atoms with Gasteiger partial charge in [0, 0.05) is 56.8 Å². The van der Waals surface area contributed by atoms with Gasteiger partial charge >= 0.3 is 0 Å². The fourth-order valence-corrected chi connectivity index (χ4v) is 14.2. The molecule has 1 nitrogen and oxygen atoms in total. The highest BCUT2D eigenvalue weighted by Gasteiger charge is 2.20. The van der Waals surface area contributed by atoms with Crippen LogP contribution in [0.3, 0.4) is 0 Å². The number of hydrogen-bond donors (Lipinski definition) is 0. The Bertz CT molecular complexity index is 4340. The molecule has 0 unspecified atom stereocenters. The van der Waals surface area contributed by atoms with Crippen molar-refractivity contribution in [1.82, 2.24) is 4.57 Å². The molecule has 0 amide bonds. The SMILES string of the molecule is c1ccc(-c2cccc3c2sc2c(-c4ccc5c(c4)c4cc(-c6cccc7c6sc6c(-c8ccccc8)cccc67)ccc4n5-c4ccc5c6ccccc6c6ccccc6c5c4)cccc23)cc1. The topological polar surface area (TPSA) is 4.93 Å². The third-order valence-electron chi connectivity index (χ3n) is 14.6. The summed E-state index contributed by atoms with van der Waals surface area (Å²) in [6, 6.07) is 88.1. The highest BCUT2D eigenvalue weighted by molar-refractivity contribution is 7.27. The lowest BCUT2D eigenvalue weighted by Crippen LogP contribution is -1.94. The molecule has 0 saturated carbocycles. The van der Waals surface area contributed by atoms with Crippen molar-refractivity contribution in [3.05, 3.63) is 237 Å². The van der Waals surface area contributed by atoms with Crippen LogP contribution in [0.4, 0.5) is 0 Å². The first-order valence-corrected chi connectivity index (χ1v) is 25.3. The van der Waals surface area contributed by atoms with Crippen molar-refractivity contribution in [3.63, 3.8) is 0 Å². The molecule has 0 aliphatic carbocycles. The second-order valence-corrected chi connectivity index (χ2v) is 20.3. The summed E-state index contributed by atoms with van der Waals surface area (Å²) in [6.45, 7) is 0. The Morgan fingerprint density at radius 1 is 0.217 bits per heavy atom. The van der Waals surface area contributed by atoms with Gasteiger partial charge in [-0.25, -0.2) is 0 Å². The molecule has 0 bridgehead atoms. The minimum absolute atomic E-state index is 1.16. The lowest BCUT2D eigenvalue weighted by Gasteiger charge is -2.14. The standard InChI is InChI=1S/C66H39NS2/c1-3-15-40(16-4-1)45-23-11-27-54-56-29-13-25-47(65(56)68-63(45)54)42-31-35-61-59(37-42)60-38-43(48-26-14-30-57-55-28-12-24-46(64(55)69-66(48)57)41-17-5-2-6-18-41)32-36-62(60)67(61)44-33-34-53-51-21-8-7-19-49(51)50-20-9-10-22-52(50)58(53)39-44/h1-39H. The smallest absolute Gasteiger partial charge is 0.0541 e. The van der Waals surface area contributed by atoms with E-state index in [2.05, 4.69) is 241 Å². The summed E-state index contributed by atoms with van der Waals surface area (Å²) in [6.07, 6.45) is 0. The summed E-state index contributed by atoms with van der Waals surface area (Å²) in [7, 11) is 0. The fraction of sp³-hybridized carbons (Fsp3) is 0. The van der Waals surface area contributed by atoms with E-state index < -0.39 is 0 Å². The third kappa shape index (κ3) is 5.82. The molecule has 0 fully saturated rings. The maximum Gasteiger partial charge on any atom is 0.0541 e. The summed E-state index contributed by atoms with van der Waals surface area (Å²) in [5.74, 6) is 0. The minimum atomic E-state index is 1.16. The van der Waals surface area contributed by atoms with Crippen LogP contribution in [0.15, 0.2) is 237 Å². The Kier molecular flexibility index (Phi) is 8.47. The molecule has 0 radical (unpaired) electrons. The summed E-state index contributed by atoms with van der Waals surface area (Å²) < 4.78 is 7.80. The highest BCUT2D eigenvalue weighted by atomic mass is 32.1. The van der Waals surface area contributed by atoms with E-state index in [1.165, 1.54) is 139 Å². The van der Waals surface area contributed by atoms with E-state index in [0.717, 1.165) is 5.69 Å². The zero-order valence-corrected chi connectivity index (χ0v) is 38.9. The van der Waals surface area contributed by atoms with Gasteiger partial charge in [0.2, 0.25) is 0 Å². The first kappa shape index (κ1) is 38.7. The van der Waals surface area contributed by atoms with Crippen LogP contribution in [-0.2, 0) is 0 Å². The molecule has 69 heavy (non-hydrogen) atoms. The predicted octanol–water partition coefficient (Wildman–Crippen LogP) is 19.6. The number of rotatable bonds is 5. The van der Waals surface area contributed by atoms with Crippen LogP contribution in [0, 0.1) is 0 Å². The normalized spacial score (nSPS) is 12.1. The molecule has 0 saturated heterocycles. The quantitative estimate of drug-likeness (QED) is 0.152. The molecule has 3 aromatic heterocycles. The average Bonchev–Trinajstić information content (AvgIpc) is 4.11. The molecule has 0 aliphatic heterocycles. The van der Waals surface area contributed by atoms with Gasteiger partial charge in [0.1, 0.15) is 0 Å². The van der Waals surface area contributed by atoms with Crippen molar-refractivity contribution >= 4 is 117 Å². The molecular formula is C66H39NS2. The Morgan fingerprint density at radius 2 is 0.565 bits per heavy atom. The maximum absolute atomic E-state index is 2.50. The summed E-state index contributed by atoms with van der Waals surface area (Å²) >= 11 is 3.83. The van der Waals surface area contributed by atoms with E-state index in [-0.39, 0.29) is 0 Å². The van der Waals surface area contributed by atoms with Crippen LogP contribution in [-0.4, -0.2) is 4.57 Å². The van der Waals surface area contributed by atoms with E-state index in [1.54, 1.807) is 0 Å². The number of nitrogens with zero attached hydrogens (tertiary/aromatic N) is 1. The fourth-order valence-electron chi connectivity index (χ4n) is 11.5. The van der Waals surface area contributed by atoms with Crippen molar-refractivity contribution in [3.8, 4) is 50.2 Å². The van der Waals surface area contributed by atoms with Gasteiger partial charge in [0.05, 0.1) is 11.0 Å². The zero-order valence-electron chi connectivity index (χ0n) is 37.3. The monoisotopic (exact) mass is 909 g/mol. The molecule has 3 heteroatoms. The van der Waals surface area contributed by atoms with E-state index in [9.17, 15) is 0 Å². The van der Waals surface area contributed by atoms with Gasteiger partial charge in [-0.2, -0.15) is 0 Å². The van der Waals surface area contributed by atoms with Gasteiger partial charge in [-0.05, 0) is 113 Å². The van der Waals surface area contributed by atoms with Gasteiger partial charge in [-0.1, -0.05) is 200 Å². The Labute approximate surface area is 406 Å². The molecule has 0 N–H and O–H groups in total. The number of benzene rings is 12. The lowest BCUT2D eigenvalue weighted by molar-refractivity contribution is 1.19. The minimum Gasteiger partial charge on any atom is -0.309 e. The first-order valence-electron chi connectivity index (χ1n) is 23.7. The second-order valence-electron chi connectivity index (χ2n) is 18.3. The molecule has 0 spiro atoms. The van der Waals surface area contributed by atoms with Crippen LogP contribution in [0.2, 0.25) is 0 Å². The lowest BCUT2D eigenvalue weighted by atomic mass is 9.94. The van der Waals surface area contributed by atoms with Crippen LogP contribution < -0.4 is 0 Å². The Balaban J connectivity index is 0.980. The Hall–Kier alpha value is -8.34. The number of fused-ring (bicyclic) bond motifs is 15. The molecule has 15 aromatic rings. The molecule has 15 rings (SSSR count). The number of hydrogen-bond acceptors (Lipinski definition) is 2. The van der Waals surface area contributed by atoms with Crippen LogP contribution in [0.5, 0.6) is 0 Å². The molecule has 0 aliphatic rings. The van der Waals surface area contributed by atoms with Gasteiger partial charge in [-0.15, -0.1) is 22.7 Å². The number of aromatic nitrogens is 1. The van der Waals surface area contributed by atoms with Crippen LogP contribution in [0.25, 0.3) is 145 Å². The van der Waals surface area contributed by atoms with E-state index in [1.807, 2.05) is 22.7 Å². The maximum atomic E-state index is 2.50. The predicted molar refractivity (Wildman–Crippen MR) is 301 cm³/mol. The molecule has 3 heterocycles. The molecular weight excluding hydrogens is 871 g/mol. The van der Waals surface area contributed by atoms with Crippen LogP contribution >= 0.6 is 22.7 Å². The summed E-state index contributed by atoms with van der Waals surface area (Å²) in [5.41, 5.74) is 13.6. The number of thiophene rings is 2. The largest absolute Gasteiger partial charge is 0.309 e. The van der Waals surface area contributed by atoms with Crippen molar-refractivity contribution in [2.45, 2.75) is 0 Å². The van der Waals surface area contributed by atoms with Gasteiger partial charge in [0.15, 0.2) is 0 Å². The third-order valence-corrected chi connectivity index (χ3v) is 17.2. The molecule has 12 aromatic carbocycles. The van der Waals surface area contributed by atoms with Gasteiger partial charge in [0.25, 0.3) is 0 Å². The van der Waals surface area contributed by atoms with E-state index >= 15 is 0 Å².